The molecule has 0 saturated heterocycles. The topological polar surface area (TPSA) is 65.1 Å². The van der Waals surface area contributed by atoms with Gasteiger partial charge >= 0.3 is 0 Å². The van der Waals surface area contributed by atoms with E-state index >= 15 is 0 Å². The Balaban J connectivity index is 2.79. The Bertz CT molecular complexity index is 703. The summed E-state index contributed by atoms with van der Waals surface area (Å²) in [6.07, 6.45) is 1.41. The van der Waals surface area contributed by atoms with Crippen LogP contribution < -0.4 is 11.2 Å². The first-order valence-corrected chi connectivity index (χ1v) is 5.67. The second-order valence-corrected chi connectivity index (χ2v) is 4.31. The molecule has 2 N–H and O–H groups in total. The number of benzene rings is 1. The van der Waals surface area contributed by atoms with Gasteiger partial charge in [0, 0.05) is 24.5 Å². The molecule has 0 atom stereocenters. The Labute approximate surface area is 109 Å². The summed E-state index contributed by atoms with van der Waals surface area (Å²) in [5, 5.41) is 0. The fourth-order valence-electron chi connectivity index (χ4n) is 1.96. The minimum Gasteiger partial charge on any atom is -0.365 e. The van der Waals surface area contributed by atoms with Gasteiger partial charge in [-0.05, 0) is 24.6 Å². The van der Waals surface area contributed by atoms with E-state index in [0.29, 0.717) is 16.8 Å². The second-order valence-electron chi connectivity index (χ2n) is 4.31. The lowest BCUT2D eigenvalue weighted by molar-refractivity contribution is 0.0998. The number of amides is 1. The number of nitrogens with zero attached hydrogens (tertiary/aromatic N) is 1. The Hall–Kier alpha value is -2.43. The fraction of sp³-hybridized carbons (Fsp3) is 0.143. The van der Waals surface area contributed by atoms with Crippen molar-refractivity contribution in [2.45, 2.75) is 6.92 Å². The molecule has 0 aliphatic heterocycles. The molecule has 1 aromatic carbocycles. The molecule has 2 aromatic rings. The van der Waals surface area contributed by atoms with Crippen molar-refractivity contribution >= 4 is 5.91 Å². The van der Waals surface area contributed by atoms with E-state index in [4.69, 9.17) is 5.73 Å². The number of halogens is 1. The van der Waals surface area contributed by atoms with Crippen molar-refractivity contribution in [1.82, 2.24) is 4.57 Å². The van der Waals surface area contributed by atoms with Crippen LogP contribution in [0.15, 0.2) is 35.3 Å². The first kappa shape index (κ1) is 13.0. The number of aryl methyl sites for hydroxylation is 1. The third-order valence-electron chi connectivity index (χ3n) is 3.08. The monoisotopic (exact) mass is 260 g/mol. The van der Waals surface area contributed by atoms with Crippen molar-refractivity contribution in [3.63, 3.8) is 0 Å². The van der Waals surface area contributed by atoms with Crippen molar-refractivity contribution in [1.29, 1.82) is 0 Å². The molecule has 98 valence electrons. The summed E-state index contributed by atoms with van der Waals surface area (Å²) in [6, 6.07) is 5.55. The van der Waals surface area contributed by atoms with Crippen LogP contribution in [-0.2, 0) is 7.05 Å². The lowest BCUT2D eigenvalue weighted by atomic mass is 10.0. The molecule has 0 saturated carbocycles. The van der Waals surface area contributed by atoms with E-state index in [1.165, 1.54) is 30.5 Å². The van der Waals surface area contributed by atoms with Crippen LogP contribution in [0.4, 0.5) is 4.39 Å². The number of hydrogen-bond donors (Lipinski definition) is 1. The van der Waals surface area contributed by atoms with Gasteiger partial charge in [0.15, 0.2) is 0 Å². The molecular formula is C14H13FN2O2. The normalized spacial score (nSPS) is 10.5. The van der Waals surface area contributed by atoms with E-state index in [-0.39, 0.29) is 11.4 Å². The number of nitrogens with two attached hydrogens (primary N) is 1. The van der Waals surface area contributed by atoms with Gasteiger partial charge in [-0.2, -0.15) is 0 Å². The van der Waals surface area contributed by atoms with Gasteiger partial charge in [0.05, 0.1) is 0 Å². The van der Waals surface area contributed by atoms with Crippen molar-refractivity contribution < 1.29 is 9.18 Å². The molecule has 0 spiro atoms. The Morgan fingerprint density at radius 2 is 1.84 bits per heavy atom. The lowest BCUT2D eigenvalue weighted by Gasteiger charge is -2.12. The molecule has 0 bridgehead atoms. The molecule has 5 heteroatoms. The largest absolute Gasteiger partial charge is 0.365 e. The Morgan fingerprint density at radius 1 is 1.26 bits per heavy atom. The first-order valence-electron chi connectivity index (χ1n) is 5.67. The van der Waals surface area contributed by atoms with Crippen LogP contribution in [0, 0.1) is 12.7 Å². The van der Waals surface area contributed by atoms with Crippen LogP contribution >= 0.6 is 0 Å². The Morgan fingerprint density at radius 3 is 2.37 bits per heavy atom. The van der Waals surface area contributed by atoms with E-state index in [1.807, 2.05) is 0 Å². The van der Waals surface area contributed by atoms with E-state index < -0.39 is 11.3 Å². The van der Waals surface area contributed by atoms with Crippen LogP contribution in [0.5, 0.6) is 0 Å². The number of rotatable bonds is 2. The van der Waals surface area contributed by atoms with Gasteiger partial charge < -0.3 is 10.3 Å². The van der Waals surface area contributed by atoms with Gasteiger partial charge in [0.1, 0.15) is 11.4 Å². The molecule has 0 aliphatic carbocycles. The maximum Gasteiger partial charge on any atom is 0.254 e. The number of carbonyl (C=O) groups excluding carboxylic acids is 1. The molecule has 1 amide bonds. The minimum absolute atomic E-state index is 0.0765. The molecule has 1 heterocycles. The molecule has 19 heavy (non-hydrogen) atoms. The molecule has 0 unspecified atom stereocenters. The van der Waals surface area contributed by atoms with Crippen LogP contribution in [0.25, 0.3) is 11.1 Å². The minimum atomic E-state index is -0.774. The second kappa shape index (κ2) is 4.68. The van der Waals surface area contributed by atoms with Gasteiger partial charge in [-0.1, -0.05) is 12.1 Å². The number of aromatic nitrogens is 1. The predicted molar refractivity (Wildman–Crippen MR) is 70.3 cm³/mol. The van der Waals surface area contributed by atoms with Crippen LogP contribution in [0.3, 0.4) is 0 Å². The van der Waals surface area contributed by atoms with E-state index in [1.54, 1.807) is 18.5 Å². The van der Waals surface area contributed by atoms with Crippen molar-refractivity contribution in [2.24, 2.45) is 12.8 Å². The lowest BCUT2D eigenvalue weighted by Crippen LogP contribution is -2.25. The van der Waals surface area contributed by atoms with Gasteiger partial charge in [-0.25, -0.2) is 4.39 Å². The molecule has 0 fully saturated rings. The summed E-state index contributed by atoms with van der Waals surface area (Å²) < 4.78 is 14.6. The quantitative estimate of drug-likeness (QED) is 0.891. The standard InChI is InChI=1S/C14H13FN2O2/c1-8-12(9-3-5-10(15)6-4-9)13(18)11(14(16)19)7-17(8)2/h3-7H,1-2H3,(H2,16,19). The van der Waals surface area contributed by atoms with Crippen molar-refractivity contribution in [2.75, 3.05) is 0 Å². The highest BCUT2D eigenvalue weighted by atomic mass is 19.1. The third-order valence-corrected chi connectivity index (χ3v) is 3.08. The van der Waals surface area contributed by atoms with Gasteiger partial charge in [0.2, 0.25) is 5.43 Å². The average molecular weight is 260 g/mol. The zero-order valence-corrected chi connectivity index (χ0v) is 10.6. The van der Waals surface area contributed by atoms with Crippen molar-refractivity contribution in [3.8, 4) is 11.1 Å². The summed E-state index contributed by atoms with van der Waals surface area (Å²) >= 11 is 0. The number of primary amides is 1. The van der Waals surface area contributed by atoms with E-state index in [2.05, 4.69) is 0 Å². The number of hydrogen-bond acceptors (Lipinski definition) is 2. The average Bonchev–Trinajstić information content (AvgIpc) is 2.36. The van der Waals surface area contributed by atoms with Gasteiger partial charge in [0.25, 0.3) is 5.91 Å². The molecule has 1 aromatic heterocycles. The van der Waals surface area contributed by atoms with Gasteiger partial charge in [-0.3, -0.25) is 9.59 Å². The molecule has 0 radical (unpaired) electrons. The molecular weight excluding hydrogens is 247 g/mol. The number of pyridine rings is 1. The molecule has 2 rings (SSSR count). The van der Waals surface area contributed by atoms with Crippen LogP contribution in [-0.4, -0.2) is 10.5 Å². The summed E-state index contributed by atoms with van der Waals surface area (Å²) in [4.78, 5) is 23.5. The van der Waals surface area contributed by atoms with E-state index in [9.17, 15) is 14.0 Å². The first-order chi connectivity index (χ1) is 8.91. The maximum absolute atomic E-state index is 12.9. The summed E-state index contributed by atoms with van der Waals surface area (Å²) in [7, 11) is 1.72. The Kier molecular flexibility index (Phi) is 3.21. The van der Waals surface area contributed by atoms with Crippen molar-refractivity contribution in [3.05, 3.63) is 57.8 Å². The van der Waals surface area contributed by atoms with Crippen LogP contribution in [0.1, 0.15) is 16.1 Å². The predicted octanol–water partition coefficient (Wildman–Crippen LogP) is 1.60. The SMILES string of the molecule is Cc1c(-c2ccc(F)cc2)c(=O)c(C(N)=O)cn1C. The smallest absolute Gasteiger partial charge is 0.254 e. The zero-order valence-electron chi connectivity index (χ0n) is 10.6. The molecule has 0 aliphatic rings. The summed E-state index contributed by atoms with van der Waals surface area (Å²) in [5.74, 6) is -1.16. The van der Waals surface area contributed by atoms with Crippen LogP contribution in [0.2, 0.25) is 0 Å². The highest BCUT2D eigenvalue weighted by Gasteiger charge is 2.16. The third kappa shape index (κ3) is 2.27. The summed E-state index contributed by atoms with van der Waals surface area (Å²) in [6.45, 7) is 1.75. The maximum atomic E-state index is 12.9. The van der Waals surface area contributed by atoms with Gasteiger partial charge in [-0.15, -0.1) is 0 Å². The molecule has 4 nitrogen and oxygen atoms in total. The summed E-state index contributed by atoms with van der Waals surface area (Å²) in [5.41, 5.74) is 6.28. The van der Waals surface area contributed by atoms with E-state index in [0.717, 1.165) is 0 Å². The highest BCUT2D eigenvalue weighted by molar-refractivity contribution is 5.93. The highest BCUT2D eigenvalue weighted by Crippen LogP contribution is 2.20. The number of carbonyl (C=O) groups is 1. The zero-order chi connectivity index (χ0) is 14.2. The fourth-order valence-corrected chi connectivity index (χ4v) is 1.96.